The first-order valence-electron chi connectivity index (χ1n) is 29.6. The van der Waals surface area contributed by atoms with E-state index in [-0.39, 0.29) is 50.4 Å². The SMILES string of the molecule is C.C.CC.COC(=O)c1cc(Oc2ccc(NC(=O)Nc3ccc(Cl)c(C)c3)cc2)ccn1.Cc1cc(NC(=O)Nc2ccc(Oc3ccnc(C(=O)O)c3)cc2)ccc1Cl.Cl.[2H]C([2H])([2H])N.[2H]C([2H])([2H])NC(=O)c1cc(Oc2ccc(NC(=O)Nc3ccc(Cl)c(C)c3)cc2)ccn1. The van der Waals surface area contributed by atoms with Crippen molar-refractivity contribution >= 4 is 117 Å². The van der Waals surface area contributed by atoms with Crippen molar-refractivity contribution in [3.63, 3.8) is 0 Å². The minimum Gasteiger partial charge on any atom is -0.477 e. The smallest absolute Gasteiger partial charge is 0.356 e. The summed E-state index contributed by atoms with van der Waals surface area (Å²) >= 11 is 17.9. The van der Waals surface area contributed by atoms with Crippen LogP contribution in [0.2, 0.25) is 15.1 Å². The number of methoxy groups -OCH3 is 1. The van der Waals surface area contributed by atoms with E-state index in [9.17, 15) is 28.8 Å². The fourth-order valence-corrected chi connectivity index (χ4v) is 7.57. The Balaban J connectivity index is 0.000000475. The number of urea groups is 3. The zero-order chi connectivity index (χ0) is 70.7. The van der Waals surface area contributed by atoms with Gasteiger partial charge in [-0.05, 0) is 190 Å². The van der Waals surface area contributed by atoms with E-state index in [1.165, 1.54) is 50.0 Å². The van der Waals surface area contributed by atoms with Crippen molar-refractivity contribution in [3.05, 3.63) is 231 Å². The molecule has 0 aliphatic rings. The molecule has 0 atom stereocenters. The summed E-state index contributed by atoms with van der Waals surface area (Å²) in [6.07, 6.45) is 4.15. The van der Waals surface area contributed by atoms with Gasteiger partial charge in [0.2, 0.25) is 0 Å². The molecule has 0 aliphatic heterocycles. The van der Waals surface area contributed by atoms with Gasteiger partial charge >= 0.3 is 30.0 Å². The molecule has 93 heavy (non-hydrogen) atoms. The van der Waals surface area contributed by atoms with Crippen molar-refractivity contribution in [2.45, 2.75) is 49.5 Å². The number of rotatable bonds is 15. The summed E-state index contributed by atoms with van der Waals surface area (Å²) in [5.74, 6) is 0.0413. The second-order valence-corrected chi connectivity index (χ2v) is 19.1. The molecule has 0 saturated carbocycles. The minimum absolute atomic E-state index is 0. The lowest BCUT2D eigenvalue weighted by Crippen LogP contribution is -2.19. The van der Waals surface area contributed by atoms with Crippen molar-refractivity contribution in [1.82, 2.24) is 20.3 Å². The predicted molar refractivity (Wildman–Crippen MR) is 373 cm³/mol. The lowest BCUT2D eigenvalue weighted by molar-refractivity contribution is 0.0592. The molecule has 490 valence electrons. The van der Waals surface area contributed by atoms with Crippen LogP contribution in [-0.4, -0.2) is 77.1 Å². The van der Waals surface area contributed by atoms with Gasteiger partial charge in [0.05, 0.1) is 7.11 Å². The summed E-state index contributed by atoms with van der Waals surface area (Å²) in [5, 5.41) is 29.1. The van der Waals surface area contributed by atoms with Crippen LogP contribution in [0, 0.1) is 20.8 Å². The summed E-state index contributed by atoms with van der Waals surface area (Å²) in [6, 6.07) is 43.3. The predicted octanol–water partition coefficient (Wildman–Crippen LogP) is 17.6. The summed E-state index contributed by atoms with van der Waals surface area (Å²) in [7, 11) is 1.29. The first kappa shape index (κ1) is 68.4. The highest BCUT2D eigenvalue weighted by Gasteiger charge is 2.13. The van der Waals surface area contributed by atoms with E-state index >= 15 is 0 Å². The normalized spacial score (nSPS) is 10.8. The zero-order valence-corrected chi connectivity index (χ0v) is 52.4. The van der Waals surface area contributed by atoms with Crippen LogP contribution in [0.5, 0.6) is 34.5 Å². The van der Waals surface area contributed by atoms with Gasteiger partial charge in [0.25, 0.3) is 5.91 Å². The molecule has 0 spiro atoms. The number of pyridine rings is 3. The third-order valence-electron chi connectivity index (χ3n) is 11.4. The minimum atomic E-state index is -2.61. The summed E-state index contributed by atoms with van der Waals surface area (Å²) in [6.45, 7) is 4.69. The average molecular weight is 1360 g/mol. The molecule has 6 aromatic carbocycles. The van der Waals surface area contributed by atoms with E-state index in [0.29, 0.717) is 83.7 Å². The monoisotopic (exact) mass is 1350 g/mol. The Kier molecular flexibility index (Phi) is 29.6. The molecule has 7 amide bonds. The number of aryl methyl sites for hydroxylation is 3. The summed E-state index contributed by atoms with van der Waals surface area (Å²) < 4.78 is 61.1. The van der Waals surface area contributed by atoms with Crippen LogP contribution < -0.4 is 57.2 Å². The van der Waals surface area contributed by atoms with Crippen molar-refractivity contribution in [1.29, 1.82) is 0 Å². The van der Waals surface area contributed by atoms with Gasteiger partial charge in [-0.1, -0.05) is 63.5 Å². The van der Waals surface area contributed by atoms with E-state index < -0.39 is 43.9 Å². The van der Waals surface area contributed by atoms with Crippen molar-refractivity contribution < 1.29 is 61.0 Å². The number of halogens is 4. The second-order valence-electron chi connectivity index (χ2n) is 17.9. The Hall–Kier alpha value is -10.5. The maximum absolute atomic E-state index is 12.2. The molecule has 26 heteroatoms. The van der Waals surface area contributed by atoms with Gasteiger partial charge in [0.1, 0.15) is 40.2 Å². The molecule has 9 rings (SSSR count). The number of aromatic nitrogens is 3. The molecule has 9 aromatic rings. The molecular formula is C67H73Cl4N11O11. The van der Waals surface area contributed by atoms with Gasteiger partial charge in [-0.2, -0.15) is 0 Å². The van der Waals surface area contributed by atoms with Crippen LogP contribution in [-0.2, 0) is 4.74 Å². The number of carboxylic acids is 1. The summed E-state index contributed by atoms with van der Waals surface area (Å²) in [4.78, 5) is 82.4. The van der Waals surface area contributed by atoms with Crippen molar-refractivity contribution in [3.8, 4) is 34.5 Å². The number of carbonyl (C=O) groups excluding carboxylic acids is 5. The van der Waals surface area contributed by atoms with Crippen LogP contribution in [0.15, 0.2) is 182 Å². The number of hydrogen-bond acceptors (Lipinski definition) is 14. The van der Waals surface area contributed by atoms with Crippen LogP contribution in [0.1, 0.15) is 85.1 Å². The number of aromatic carboxylic acids is 1. The molecule has 3 heterocycles. The highest BCUT2D eigenvalue weighted by atomic mass is 35.5. The number of hydrogen-bond donors (Lipinski definition) is 9. The number of carbonyl (C=O) groups is 6. The van der Waals surface area contributed by atoms with Gasteiger partial charge in [0.15, 0.2) is 11.4 Å². The zero-order valence-electron chi connectivity index (χ0n) is 55.3. The molecule has 10 N–H and O–H groups in total. The Morgan fingerprint density at radius 2 is 0.720 bits per heavy atom. The highest BCUT2D eigenvalue weighted by molar-refractivity contribution is 6.32. The van der Waals surface area contributed by atoms with E-state index in [0.717, 1.165) is 16.7 Å². The third kappa shape index (κ3) is 26.1. The Bertz CT molecular complexity index is 4140. The average Bonchev–Trinajstić information content (AvgIpc) is 0.921. The maximum Gasteiger partial charge on any atom is 0.356 e. The van der Waals surface area contributed by atoms with Crippen molar-refractivity contribution in [2.24, 2.45) is 5.73 Å². The molecule has 0 fully saturated rings. The number of nitrogens with zero attached hydrogens (tertiary/aromatic N) is 3. The number of esters is 1. The lowest BCUT2D eigenvalue weighted by Gasteiger charge is -2.10. The largest absolute Gasteiger partial charge is 0.477 e. The molecule has 0 bridgehead atoms. The number of carboxylic acid groups (broad SMARTS) is 1. The standard InChI is InChI=1S/C21H19ClN4O3.C21H18ClN3O4.C20H16ClN3O4.C2H6.CH5N.2CH4.ClH/c1-13-11-15(5-8-18(13)22)26-21(28)25-14-3-6-16(7-4-14)29-17-9-10-24-19(12-17)20(27)23-2;1-13-11-15(5-8-18(13)22)25-21(27)24-14-3-6-16(7-4-14)29-17-9-10-23-19(12-17)20(26)28-2;1-12-10-14(4-7-17(12)21)24-20(27)23-13-2-5-15(6-3-13)28-16-8-9-22-18(11-16)19(25)26;2*1-2;;;/h3-12H,1-2H3,(H,23,27)(H2,25,26,28);3-12H,1-2H3,(H2,24,25,27);2-11H,1H3,(H,25,26)(H2,23,24,27);1-2H3;2H2,1H3;2*1H4;1H/i2D3;;;;1D3;;;. The topological polar surface area (TPSA) is 308 Å². The third-order valence-corrected chi connectivity index (χ3v) is 12.7. The molecular weight excluding hydrogens is 1280 g/mol. The Labute approximate surface area is 569 Å². The first-order valence-corrected chi connectivity index (χ1v) is 27.7. The first-order chi connectivity index (χ1) is 45.4. The number of ether oxygens (including phenoxy) is 4. The van der Waals surface area contributed by atoms with Crippen LogP contribution >= 0.6 is 47.2 Å². The molecule has 0 radical (unpaired) electrons. The quantitative estimate of drug-likeness (QED) is 0.0431. The van der Waals surface area contributed by atoms with Gasteiger partial charge in [-0.3, -0.25) is 9.78 Å². The van der Waals surface area contributed by atoms with Gasteiger partial charge in [-0.15, -0.1) is 12.4 Å². The van der Waals surface area contributed by atoms with E-state index in [1.54, 1.807) is 140 Å². The Morgan fingerprint density at radius 1 is 0.441 bits per heavy atom. The van der Waals surface area contributed by atoms with E-state index in [2.05, 4.69) is 57.3 Å². The summed E-state index contributed by atoms with van der Waals surface area (Å²) in [5.41, 5.74) is 10.5. The number of amides is 7. The Morgan fingerprint density at radius 3 is 1.02 bits per heavy atom. The van der Waals surface area contributed by atoms with Crippen LogP contribution in [0.25, 0.3) is 0 Å². The molecule has 3 aromatic heterocycles. The lowest BCUT2D eigenvalue weighted by atomic mass is 10.2. The van der Waals surface area contributed by atoms with Crippen LogP contribution in [0.4, 0.5) is 48.5 Å². The van der Waals surface area contributed by atoms with E-state index in [1.807, 2.05) is 39.9 Å². The van der Waals surface area contributed by atoms with Crippen molar-refractivity contribution in [2.75, 3.05) is 53.0 Å². The second kappa shape index (κ2) is 40.3. The van der Waals surface area contributed by atoms with Gasteiger partial charge in [-0.25, -0.2) is 33.9 Å². The number of nitrogens with two attached hydrogens (primary N) is 1. The molecule has 0 aliphatic carbocycles. The molecule has 0 saturated heterocycles. The van der Waals surface area contributed by atoms with Crippen LogP contribution in [0.3, 0.4) is 0 Å². The van der Waals surface area contributed by atoms with Gasteiger partial charge < -0.3 is 67.0 Å². The number of nitrogens with one attached hydrogen (secondary N) is 7. The fraction of sp³-hybridized carbons (Fsp3) is 0.149. The highest BCUT2D eigenvalue weighted by Crippen LogP contribution is 2.28. The molecule has 0 unspecified atom stereocenters. The van der Waals surface area contributed by atoms with E-state index in [4.69, 9.17) is 62.3 Å². The van der Waals surface area contributed by atoms with Gasteiger partial charge in [0, 0.05) is 101 Å². The maximum atomic E-state index is 12.2. The number of anilines is 6. The molecule has 22 nitrogen and oxygen atoms in total. The fourth-order valence-electron chi connectivity index (χ4n) is 7.22. The number of benzene rings is 6.